The zero-order valence-corrected chi connectivity index (χ0v) is 12.7. The van der Waals surface area contributed by atoms with E-state index in [4.69, 9.17) is 20.2 Å². The fourth-order valence-corrected chi connectivity index (χ4v) is 2.93. The highest BCUT2D eigenvalue weighted by atomic mass is 35.7. The highest BCUT2D eigenvalue weighted by Gasteiger charge is 2.19. The lowest BCUT2D eigenvalue weighted by atomic mass is 10.1. The maximum Gasteiger partial charge on any atom is 0.261 e. The highest BCUT2D eigenvalue weighted by Crippen LogP contribution is 2.27. The summed E-state index contributed by atoms with van der Waals surface area (Å²) in [6.45, 7) is 0.879. The third kappa shape index (κ3) is 4.52. The Balaban J connectivity index is 1.93. The molecular formula is C13H15ClF2O4S. The van der Waals surface area contributed by atoms with Crippen LogP contribution in [0.4, 0.5) is 8.78 Å². The minimum Gasteiger partial charge on any atom is -0.488 e. The Bertz CT molecular complexity index is 577. The molecule has 1 saturated heterocycles. The molecule has 1 aliphatic rings. The average Bonchev–Trinajstić information content (AvgIpc) is 2.88. The summed E-state index contributed by atoms with van der Waals surface area (Å²) in [7, 11) is 0.858. The molecule has 2 rings (SSSR count). The van der Waals surface area contributed by atoms with Gasteiger partial charge in [-0.25, -0.2) is 17.2 Å². The van der Waals surface area contributed by atoms with Gasteiger partial charge in [-0.1, -0.05) is 0 Å². The summed E-state index contributed by atoms with van der Waals surface area (Å²) in [6, 6.07) is 1.28. The van der Waals surface area contributed by atoms with Gasteiger partial charge in [0.05, 0.1) is 17.6 Å². The Morgan fingerprint density at radius 3 is 2.52 bits per heavy atom. The highest BCUT2D eigenvalue weighted by molar-refractivity contribution is 8.13. The Hall–Kier alpha value is -0.920. The number of halogens is 3. The fourth-order valence-electron chi connectivity index (χ4n) is 2.17. The molecule has 118 valence electrons. The molecule has 0 aliphatic carbocycles. The zero-order valence-electron chi connectivity index (χ0n) is 11.1. The quantitative estimate of drug-likeness (QED) is 0.589. The second-order valence-electron chi connectivity index (χ2n) is 4.78. The molecule has 21 heavy (non-hydrogen) atoms. The van der Waals surface area contributed by atoms with E-state index in [0.717, 1.165) is 25.9 Å². The first-order valence-corrected chi connectivity index (χ1v) is 8.87. The minimum atomic E-state index is -4.18. The van der Waals surface area contributed by atoms with Gasteiger partial charge in [0.25, 0.3) is 9.05 Å². The van der Waals surface area contributed by atoms with E-state index in [1.807, 2.05) is 0 Å². The van der Waals surface area contributed by atoms with Gasteiger partial charge in [-0.2, -0.15) is 0 Å². The van der Waals surface area contributed by atoms with E-state index in [9.17, 15) is 17.2 Å². The van der Waals surface area contributed by atoms with Gasteiger partial charge in [-0.3, -0.25) is 0 Å². The molecule has 0 aromatic heterocycles. The lowest BCUT2D eigenvalue weighted by Gasteiger charge is -2.11. The second kappa shape index (κ2) is 6.89. The third-order valence-electron chi connectivity index (χ3n) is 3.19. The van der Waals surface area contributed by atoms with Crippen LogP contribution in [-0.4, -0.2) is 27.7 Å². The maximum absolute atomic E-state index is 13.7. The molecule has 1 atom stereocenters. The fraction of sp³-hybridized carbons (Fsp3) is 0.538. The van der Waals surface area contributed by atoms with Crippen molar-refractivity contribution in [3.8, 4) is 5.75 Å². The van der Waals surface area contributed by atoms with E-state index in [1.54, 1.807) is 0 Å². The molecule has 1 aromatic carbocycles. The van der Waals surface area contributed by atoms with Crippen LogP contribution in [-0.2, 0) is 13.8 Å². The number of benzene rings is 1. The molecule has 8 heteroatoms. The largest absolute Gasteiger partial charge is 0.488 e. The van der Waals surface area contributed by atoms with Gasteiger partial charge in [0.2, 0.25) is 0 Å². The molecule has 0 spiro atoms. The zero-order chi connectivity index (χ0) is 15.5. The average molecular weight is 341 g/mol. The predicted molar refractivity (Wildman–Crippen MR) is 73.1 cm³/mol. The van der Waals surface area contributed by atoms with E-state index >= 15 is 0 Å². The van der Waals surface area contributed by atoms with Crippen molar-refractivity contribution < 1.29 is 26.7 Å². The normalized spacial score (nSPS) is 18.9. The van der Waals surface area contributed by atoms with Crippen molar-refractivity contribution in [1.29, 1.82) is 0 Å². The molecule has 0 saturated carbocycles. The number of hydrogen-bond donors (Lipinski definition) is 0. The van der Waals surface area contributed by atoms with Gasteiger partial charge in [0, 0.05) is 17.3 Å². The molecule has 1 heterocycles. The summed E-state index contributed by atoms with van der Waals surface area (Å²) >= 11 is 0. The van der Waals surface area contributed by atoms with Crippen molar-refractivity contribution >= 4 is 19.7 Å². The lowest BCUT2D eigenvalue weighted by molar-refractivity contribution is 0.0977. The van der Waals surface area contributed by atoms with Crippen LogP contribution in [0, 0.1) is 11.6 Å². The number of ether oxygens (including phenoxy) is 2. The summed E-state index contributed by atoms with van der Waals surface area (Å²) in [5.41, 5.74) is 0. The maximum atomic E-state index is 13.7. The van der Waals surface area contributed by atoms with E-state index in [-0.39, 0.29) is 12.7 Å². The van der Waals surface area contributed by atoms with Crippen LogP contribution in [0.3, 0.4) is 0 Å². The molecular weight excluding hydrogens is 326 g/mol. The second-order valence-corrected chi connectivity index (χ2v) is 7.35. The molecule has 4 nitrogen and oxygen atoms in total. The summed E-state index contributed by atoms with van der Waals surface area (Å²) in [4.78, 5) is -0.633. The van der Waals surface area contributed by atoms with Gasteiger partial charge in [-0.05, 0) is 37.8 Å². The van der Waals surface area contributed by atoms with Gasteiger partial charge >= 0.3 is 0 Å². The van der Waals surface area contributed by atoms with E-state index in [1.165, 1.54) is 0 Å². The molecule has 1 unspecified atom stereocenters. The van der Waals surface area contributed by atoms with Crippen molar-refractivity contribution in [2.45, 2.75) is 36.7 Å². The van der Waals surface area contributed by atoms with Crippen LogP contribution < -0.4 is 4.74 Å². The van der Waals surface area contributed by atoms with E-state index in [2.05, 4.69) is 0 Å². The van der Waals surface area contributed by atoms with Crippen molar-refractivity contribution in [2.24, 2.45) is 0 Å². The van der Waals surface area contributed by atoms with Crippen LogP contribution in [0.25, 0.3) is 0 Å². The van der Waals surface area contributed by atoms with Gasteiger partial charge in [0.1, 0.15) is 0 Å². The molecule has 0 radical (unpaired) electrons. The molecule has 1 aliphatic heterocycles. The third-order valence-corrected chi connectivity index (χ3v) is 4.53. The van der Waals surface area contributed by atoms with E-state index < -0.39 is 31.3 Å². The summed E-state index contributed by atoms with van der Waals surface area (Å²) < 4.78 is 59.9. The lowest BCUT2D eigenvalue weighted by Crippen LogP contribution is -2.09. The van der Waals surface area contributed by atoms with Crippen LogP contribution >= 0.6 is 10.7 Å². The summed E-state index contributed by atoms with van der Waals surface area (Å²) in [6.07, 6.45) is 3.57. The minimum absolute atomic E-state index is 0.126. The smallest absolute Gasteiger partial charge is 0.261 e. The first kappa shape index (κ1) is 16.5. The molecule has 0 N–H and O–H groups in total. The van der Waals surface area contributed by atoms with Crippen molar-refractivity contribution in [3.63, 3.8) is 0 Å². The monoisotopic (exact) mass is 340 g/mol. The molecule has 1 fully saturated rings. The first-order valence-electron chi connectivity index (χ1n) is 6.56. The van der Waals surface area contributed by atoms with Gasteiger partial charge in [-0.15, -0.1) is 0 Å². The first-order chi connectivity index (χ1) is 9.88. The Labute approximate surface area is 126 Å². The van der Waals surface area contributed by atoms with Crippen molar-refractivity contribution in [3.05, 3.63) is 23.8 Å². The Kier molecular flexibility index (Phi) is 5.40. The number of hydrogen-bond acceptors (Lipinski definition) is 4. The van der Waals surface area contributed by atoms with Crippen LogP contribution in [0.1, 0.15) is 25.7 Å². The van der Waals surface area contributed by atoms with Gasteiger partial charge < -0.3 is 9.47 Å². The Morgan fingerprint density at radius 2 is 2.00 bits per heavy atom. The standard InChI is InChI=1S/C13H15ClF2O4S/c14-21(17,18)10-7-11(15)13(12(16)8-10)20-6-2-4-9-3-1-5-19-9/h7-9H,1-6H2. The molecule has 0 bridgehead atoms. The predicted octanol–water partition coefficient (Wildman–Crippen LogP) is 3.23. The van der Waals surface area contributed by atoms with Crippen LogP contribution in [0.2, 0.25) is 0 Å². The summed E-state index contributed by atoms with van der Waals surface area (Å²) in [5.74, 6) is -2.77. The molecule has 1 aromatic rings. The van der Waals surface area contributed by atoms with Gasteiger partial charge in [0.15, 0.2) is 17.4 Å². The Morgan fingerprint density at radius 1 is 1.33 bits per heavy atom. The van der Waals surface area contributed by atoms with Crippen molar-refractivity contribution in [2.75, 3.05) is 13.2 Å². The summed E-state index contributed by atoms with van der Waals surface area (Å²) in [5, 5.41) is 0. The number of rotatable bonds is 6. The topological polar surface area (TPSA) is 52.6 Å². The van der Waals surface area contributed by atoms with E-state index in [0.29, 0.717) is 18.6 Å². The SMILES string of the molecule is O=S(=O)(Cl)c1cc(F)c(OCCCC2CCCO2)c(F)c1. The molecule has 0 amide bonds. The van der Waals surface area contributed by atoms with Crippen LogP contribution in [0.5, 0.6) is 5.75 Å². The van der Waals surface area contributed by atoms with Crippen molar-refractivity contribution in [1.82, 2.24) is 0 Å². The van der Waals surface area contributed by atoms with Crippen LogP contribution in [0.15, 0.2) is 17.0 Å².